The second-order valence-corrected chi connectivity index (χ2v) is 7.50. The molecule has 1 aliphatic heterocycles. The lowest BCUT2D eigenvalue weighted by molar-refractivity contribution is -0.137. The molecule has 0 radical (unpaired) electrons. The predicted molar refractivity (Wildman–Crippen MR) is 104 cm³/mol. The van der Waals surface area contributed by atoms with Gasteiger partial charge in [0.1, 0.15) is 5.54 Å². The number of amides is 3. The fourth-order valence-corrected chi connectivity index (χ4v) is 3.47. The molecule has 0 saturated carbocycles. The first-order valence-electron chi connectivity index (χ1n) is 9.36. The average molecular weight is 421 g/mol. The minimum absolute atomic E-state index is 0.0370. The lowest BCUT2D eigenvalue weighted by Gasteiger charge is -2.35. The molecule has 0 aromatic heterocycles. The van der Waals surface area contributed by atoms with E-state index < -0.39 is 35.4 Å². The summed E-state index contributed by atoms with van der Waals surface area (Å²) in [5.41, 5.74) is -0.663. The zero-order chi connectivity index (χ0) is 22.1. The van der Waals surface area contributed by atoms with E-state index >= 15 is 0 Å². The fraction of sp³-hybridized carbons (Fsp3) is 0.333. The summed E-state index contributed by atoms with van der Waals surface area (Å²) in [6.45, 7) is 3.57. The van der Waals surface area contributed by atoms with Crippen molar-refractivity contribution in [2.24, 2.45) is 5.92 Å². The Hall–Kier alpha value is -3.07. The Morgan fingerprint density at radius 3 is 2.33 bits per heavy atom. The van der Waals surface area contributed by atoms with Crippen LogP contribution in [0.2, 0.25) is 0 Å². The number of aliphatic hydroxyl groups excluding tert-OH is 1. The van der Waals surface area contributed by atoms with Crippen LogP contribution in [0.1, 0.15) is 29.8 Å². The van der Waals surface area contributed by atoms with Crippen LogP contribution < -0.4 is 16.0 Å². The van der Waals surface area contributed by atoms with Gasteiger partial charge in [-0.05, 0) is 35.2 Å². The number of carbonyl (C=O) groups is 2. The van der Waals surface area contributed by atoms with Gasteiger partial charge in [-0.3, -0.25) is 4.79 Å². The molecule has 6 nitrogen and oxygen atoms in total. The lowest BCUT2D eigenvalue weighted by atomic mass is 9.85. The molecule has 2 aromatic carbocycles. The van der Waals surface area contributed by atoms with Crippen molar-refractivity contribution in [3.8, 4) is 11.1 Å². The highest BCUT2D eigenvalue weighted by atomic mass is 19.4. The number of nitrogens with one attached hydrogen (secondary N) is 3. The smallest absolute Gasteiger partial charge is 0.371 e. The van der Waals surface area contributed by atoms with E-state index in [1.807, 2.05) is 0 Å². The summed E-state index contributed by atoms with van der Waals surface area (Å²) in [5.74, 6) is -0.671. The Morgan fingerprint density at radius 2 is 1.80 bits per heavy atom. The van der Waals surface area contributed by atoms with Crippen LogP contribution in [0, 0.1) is 5.92 Å². The second-order valence-electron chi connectivity index (χ2n) is 7.50. The van der Waals surface area contributed by atoms with Crippen molar-refractivity contribution in [2.45, 2.75) is 31.8 Å². The van der Waals surface area contributed by atoms with E-state index in [1.165, 1.54) is 12.1 Å². The number of carbonyl (C=O) groups excluding carboxylic acids is 2. The molecule has 1 heterocycles. The van der Waals surface area contributed by atoms with Crippen molar-refractivity contribution in [1.29, 1.82) is 0 Å². The summed E-state index contributed by atoms with van der Waals surface area (Å²) >= 11 is 0. The summed E-state index contributed by atoms with van der Waals surface area (Å²) in [4.78, 5) is 24.5. The van der Waals surface area contributed by atoms with E-state index in [1.54, 1.807) is 38.1 Å². The fourth-order valence-electron chi connectivity index (χ4n) is 3.47. The van der Waals surface area contributed by atoms with Crippen LogP contribution in [-0.4, -0.2) is 35.4 Å². The topological polar surface area (TPSA) is 90.5 Å². The molecule has 0 spiro atoms. The van der Waals surface area contributed by atoms with E-state index in [-0.39, 0.29) is 18.0 Å². The molecule has 30 heavy (non-hydrogen) atoms. The third-order valence-corrected chi connectivity index (χ3v) is 5.37. The maximum atomic E-state index is 12.9. The van der Waals surface area contributed by atoms with Gasteiger partial charge in [-0.2, -0.15) is 13.2 Å². The summed E-state index contributed by atoms with van der Waals surface area (Å²) in [6, 6.07) is 10.6. The molecule has 3 rings (SSSR count). The first-order chi connectivity index (χ1) is 14.0. The molecule has 1 fully saturated rings. The number of benzene rings is 2. The average Bonchev–Trinajstić information content (AvgIpc) is 3.00. The first-order valence-corrected chi connectivity index (χ1v) is 9.36. The van der Waals surface area contributed by atoms with Gasteiger partial charge in [-0.1, -0.05) is 44.2 Å². The van der Waals surface area contributed by atoms with Gasteiger partial charge >= 0.3 is 12.2 Å². The highest BCUT2D eigenvalue weighted by Crippen LogP contribution is 2.32. The summed E-state index contributed by atoms with van der Waals surface area (Å²) in [6.07, 6.45) is -5.63. The molecule has 160 valence electrons. The van der Waals surface area contributed by atoms with E-state index in [9.17, 15) is 27.9 Å². The normalized spacial score (nSPS) is 21.3. The molecule has 1 saturated heterocycles. The lowest BCUT2D eigenvalue weighted by Crippen LogP contribution is -2.60. The Bertz CT molecular complexity index is 945. The van der Waals surface area contributed by atoms with Gasteiger partial charge in [0.15, 0.2) is 6.23 Å². The van der Waals surface area contributed by atoms with E-state index in [0.717, 1.165) is 12.1 Å². The summed E-state index contributed by atoms with van der Waals surface area (Å²) < 4.78 is 38.5. The van der Waals surface area contributed by atoms with Gasteiger partial charge in [-0.15, -0.1) is 0 Å². The molecule has 1 aliphatic rings. The number of urea groups is 1. The minimum Gasteiger partial charge on any atom is -0.371 e. The Morgan fingerprint density at radius 1 is 1.17 bits per heavy atom. The zero-order valence-electron chi connectivity index (χ0n) is 16.4. The number of rotatable bonds is 5. The van der Waals surface area contributed by atoms with E-state index in [0.29, 0.717) is 11.1 Å². The SMILES string of the molecule is CC(C)C1(CNC(=O)c2ccccc2-c2ccc(C(F)(F)F)cc2)NC(=O)NC1O. The van der Waals surface area contributed by atoms with Gasteiger partial charge in [0.25, 0.3) is 5.91 Å². The first kappa shape index (κ1) is 21.6. The minimum atomic E-state index is -4.44. The molecule has 3 amide bonds. The van der Waals surface area contributed by atoms with Gasteiger partial charge in [0.2, 0.25) is 0 Å². The number of aliphatic hydroxyl groups is 1. The highest BCUT2D eigenvalue weighted by Gasteiger charge is 2.48. The van der Waals surface area contributed by atoms with Crippen molar-refractivity contribution < 1.29 is 27.9 Å². The van der Waals surface area contributed by atoms with Crippen LogP contribution in [0.3, 0.4) is 0 Å². The number of hydrogen-bond acceptors (Lipinski definition) is 3. The van der Waals surface area contributed by atoms with Crippen molar-refractivity contribution in [2.75, 3.05) is 6.54 Å². The van der Waals surface area contributed by atoms with E-state index in [2.05, 4.69) is 16.0 Å². The third-order valence-electron chi connectivity index (χ3n) is 5.37. The van der Waals surface area contributed by atoms with Crippen molar-refractivity contribution >= 4 is 11.9 Å². The van der Waals surface area contributed by atoms with Crippen molar-refractivity contribution in [3.63, 3.8) is 0 Å². The van der Waals surface area contributed by atoms with E-state index in [4.69, 9.17) is 0 Å². The molecular weight excluding hydrogens is 399 g/mol. The van der Waals surface area contributed by atoms with Crippen LogP contribution in [0.15, 0.2) is 48.5 Å². The maximum Gasteiger partial charge on any atom is 0.416 e. The van der Waals surface area contributed by atoms with Crippen LogP contribution in [0.5, 0.6) is 0 Å². The van der Waals surface area contributed by atoms with Crippen LogP contribution in [0.25, 0.3) is 11.1 Å². The summed E-state index contributed by atoms with van der Waals surface area (Å²) in [7, 11) is 0. The van der Waals surface area contributed by atoms with Crippen LogP contribution in [0.4, 0.5) is 18.0 Å². The largest absolute Gasteiger partial charge is 0.416 e. The van der Waals surface area contributed by atoms with Gasteiger partial charge < -0.3 is 21.1 Å². The van der Waals surface area contributed by atoms with Crippen LogP contribution in [-0.2, 0) is 6.18 Å². The van der Waals surface area contributed by atoms with Gasteiger partial charge in [-0.25, -0.2) is 4.79 Å². The Balaban J connectivity index is 1.83. The quantitative estimate of drug-likeness (QED) is 0.598. The van der Waals surface area contributed by atoms with Gasteiger partial charge in [0.05, 0.1) is 5.56 Å². The van der Waals surface area contributed by atoms with Crippen molar-refractivity contribution in [1.82, 2.24) is 16.0 Å². The monoisotopic (exact) mass is 421 g/mol. The predicted octanol–water partition coefficient (Wildman–Crippen LogP) is 3.13. The van der Waals surface area contributed by atoms with Gasteiger partial charge in [0, 0.05) is 12.1 Å². The summed E-state index contributed by atoms with van der Waals surface area (Å²) in [5, 5.41) is 18.0. The second kappa shape index (κ2) is 7.98. The molecule has 4 N–H and O–H groups in total. The molecule has 2 unspecified atom stereocenters. The van der Waals surface area contributed by atoms with Crippen LogP contribution >= 0.6 is 0 Å². The third kappa shape index (κ3) is 4.11. The number of alkyl halides is 3. The Kier molecular flexibility index (Phi) is 5.76. The number of hydrogen-bond donors (Lipinski definition) is 4. The maximum absolute atomic E-state index is 12.9. The molecule has 2 atom stereocenters. The molecular formula is C21H22F3N3O3. The molecule has 0 aliphatic carbocycles. The van der Waals surface area contributed by atoms with Crippen molar-refractivity contribution in [3.05, 3.63) is 59.7 Å². The zero-order valence-corrected chi connectivity index (χ0v) is 16.4. The molecule has 9 heteroatoms. The molecule has 0 bridgehead atoms. The standard InChI is InChI=1S/C21H22F3N3O3/c1-12(2)20(18(29)26-19(30)27-20)11-25-17(28)16-6-4-3-5-15(16)13-7-9-14(10-8-13)21(22,23)24/h3-10,12,18,29H,11H2,1-2H3,(H,25,28)(H2,26,27,30). The Labute approximate surface area is 171 Å². The highest BCUT2D eigenvalue weighted by molar-refractivity contribution is 6.01. The number of halogens is 3. The molecule has 2 aromatic rings.